The highest BCUT2D eigenvalue weighted by Gasteiger charge is 2.36. The summed E-state index contributed by atoms with van der Waals surface area (Å²) in [6, 6.07) is 19.9. The first kappa shape index (κ1) is 18.1. The van der Waals surface area contributed by atoms with Crippen molar-refractivity contribution in [1.29, 1.82) is 0 Å². The van der Waals surface area contributed by atoms with Gasteiger partial charge in [0.15, 0.2) is 0 Å². The number of para-hydroxylation sites is 1. The van der Waals surface area contributed by atoms with Gasteiger partial charge in [-0.2, -0.15) is 0 Å². The number of benzene rings is 2. The van der Waals surface area contributed by atoms with Crippen molar-refractivity contribution >= 4 is 16.8 Å². The number of amides is 1. The summed E-state index contributed by atoms with van der Waals surface area (Å²) < 4.78 is 0. The van der Waals surface area contributed by atoms with Crippen LogP contribution in [0.3, 0.4) is 0 Å². The van der Waals surface area contributed by atoms with Crippen LogP contribution in [-0.4, -0.2) is 46.4 Å². The summed E-state index contributed by atoms with van der Waals surface area (Å²) in [5.74, 6) is 0.459. The minimum Gasteiger partial charge on any atom is -0.337 e. The van der Waals surface area contributed by atoms with Gasteiger partial charge in [0.1, 0.15) is 0 Å². The highest BCUT2D eigenvalue weighted by Crippen LogP contribution is 2.30. The molecule has 3 fully saturated rings. The lowest BCUT2D eigenvalue weighted by Crippen LogP contribution is -2.44. The van der Waals surface area contributed by atoms with E-state index in [1.54, 1.807) is 0 Å². The molecule has 2 unspecified atom stereocenters. The lowest BCUT2D eigenvalue weighted by Gasteiger charge is -2.36. The Morgan fingerprint density at radius 2 is 1.76 bits per heavy atom. The molecule has 2 bridgehead atoms. The number of H-pyrrole nitrogens is 1. The van der Waals surface area contributed by atoms with Crippen LogP contribution in [0.4, 0.5) is 0 Å². The molecule has 0 spiro atoms. The number of pyridine rings is 1. The second-order valence-corrected chi connectivity index (χ2v) is 8.32. The fourth-order valence-electron chi connectivity index (χ4n) is 4.91. The quantitative estimate of drug-likeness (QED) is 0.751. The Balaban J connectivity index is 1.42. The van der Waals surface area contributed by atoms with Crippen LogP contribution in [0.2, 0.25) is 0 Å². The van der Waals surface area contributed by atoms with Crippen LogP contribution in [0.25, 0.3) is 10.9 Å². The average Bonchev–Trinajstić information content (AvgIpc) is 3.05. The molecular weight excluding hydrogens is 362 g/mol. The fraction of sp³-hybridized carbons (Fsp3) is 0.333. The van der Waals surface area contributed by atoms with Crippen molar-refractivity contribution in [2.75, 3.05) is 19.6 Å². The van der Waals surface area contributed by atoms with E-state index in [1.165, 1.54) is 11.6 Å². The number of fused-ring (bicyclic) bond motifs is 5. The molecule has 5 nitrogen and oxygen atoms in total. The minimum absolute atomic E-state index is 0.0224. The highest BCUT2D eigenvalue weighted by atomic mass is 16.2. The third kappa shape index (κ3) is 3.58. The largest absolute Gasteiger partial charge is 0.337 e. The number of nitrogens with one attached hydrogen (secondary N) is 1. The maximum Gasteiger partial charge on any atom is 0.254 e. The lowest BCUT2D eigenvalue weighted by molar-refractivity contribution is 0.0737. The number of hydrogen-bond acceptors (Lipinski definition) is 3. The van der Waals surface area contributed by atoms with Gasteiger partial charge in [-0.25, -0.2) is 0 Å². The van der Waals surface area contributed by atoms with E-state index in [1.807, 2.05) is 35.2 Å². The first-order valence-electron chi connectivity index (χ1n) is 10.4. The van der Waals surface area contributed by atoms with E-state index in [4.69, 9.17) is 0 Å². The SMILES string of the molecule is O=C(c1cc(=O)[nH]c2ccccc12)N1CC2CCC(C1)N(Cc1ccccc1)C2. The van der Waals surface area contributed by atoms with Gasteiger partial charge in [-0.05, 0) is 30.4 Å². The Bertz CT molecular complexity index is 1090. The zero-order valence-electron chi connectivity index (χ0n) is 16.4. The molecule has 3 aliphatic heterocycles. The Morgan fingerprint density at radius 3 is 2.62 bits per heavy atom. The maximum atomic E-state index is 13.5. The molecule has 6 rings (SSSR count). The summed E-state index contributed by atoms with van der Waals surface area (Å²) in [5, 5.41) is 0.815. The first-order chi connectivity index (χ1) is 14.2. The number of piperidine rings is 1. The van der Waals surface area contributed by atoms with Crippen LogP contribution in [0.5, 0.6) is 0 Å². The maximum absolute atomic E-state index is 13.5. The third-order valence-corrected chi connectivity index (χ3v) is 6.32. The molecule has 3 saturated heterocycles. The van der Waals surface area contributed by atoms with Gasteiger partial charge < -0.3 is 9.88 Å². The first-order valence-corrected chi connectivity index (χ1v) is 10.4. The van der Waals surface area contributed by atoms with Gasteiger partial charge in [0.05, 0.1) is 5.56 Å². The van der Waals surface area contributed by atoms with E-state index in [9.17, 15) is 9.59 Å². The lowest BCUT2D eigenvalue weighted by atomic mass is 9.94. The van der Waals surface area contributed by atoms with Crippen molar-refractivity contribution in [3.05, 3.63) is 82.1 Å². The number of rotatable bonds is 3. The molecule has 0 saturated carbocycles. The molecule has 0 aliphatic carbocycles. The van der Waals surface area contributed by atoms with Gasteiger partial charge in [-0.3, -0.25) is 14.5 Å². The van der Waals surface area contributed by atoms with Crippen molar-refractivity contribution in [2.24, 2.45) is 5.92 Å². The Morgan fingerprint density at radius 1 is 0.966 bits per heavy atom. The van der Waals surface area contributed by atoms with Crippen molar-refractivity contribution in [3.8, 4) is 0 Å². The van der Waals surface area contributed by atoms with Crippen molar-refractivity contribution < 1.29 is 4.79 Å². The molecule has 5 heteroatoms. The molecular formula is C24H25N3O2. The second-order valence-electron chi connectivity index (χ2n) is 8.32. The molecule has 0 radical (unpaired) electrons. The van der Waals surface area contributed by atoms with Crippen LogP contribution in [0.15, 0.2) is 65.5 Å². The Labute approximate surface area is 170 Å². The van der Waals surface area contributed by atoms with Crippen molar-refractivity contribution in [3.63, 3.8) is 0 Å². The molecule has 29 heavy (non-hydrogen) atoms. The monoisotopic (exact) mass is 387 g/mol. The molecule has 3 aromatic rings. The standard InChI is InChI=1S/C24H25N3O2/c28-23-12-21(20-8-4-5-9-22(20)25-23)24(29)27-15-18-10-11-19(16-27)26(14-18)13-17-6-2-1-3-7-17/h1-9,12,18-19H,10-11,13-16H2,(H,25,28). The summed E-state index contributed by atoms with van der Waals surface area (Å²) in [6.45, 7) is 3.45. The van der Waals surface area contributed by atoms with Crippen LogP contribution in [0, 0.1) is 5.92 Å². The van der Waals surface area contributed by atoms with Crippen LogP contribution in [-0.2, 0) is 6.54 Å². The normalized spacial score (nSPS) is 22.0. The van der Waals surface area contributed by atoms with E-state index in [0.29, 0.717) is 23.0 Å². The molecule has 1 amide bonds. The Hall–Kier alpha value is -2.92. The molecule has 1 N–H and O–H groups in total. The van der Waals surface area contributed by atoms with Gasteiger partial charge in [0.2, 0.25) is 5.56 Å². The van der Waals surface area contributed by atoms with Crippen LogP contribution >= 0.6 is 0 Å². The van der Waals surface area contributed by atoms with Crippen molar-refractivity contribution in [2.45, 2.75) is 25.4 Å². The topological polar surface area (TPSA) is 56.4 Å². The fourth-order valence-corrected chi connectivity index (χ4v) is 4.91. The molecule has 4 heterocycles. The predicted molar refractivity (Wildman–Crippen MR) is 114 cm³/mol. The van der Waals surface area contributed by atoms with E-state index < -0.39 is 0 Å². The zero-order valence-corrected chi connectivity index (χ0v) is 16.4. The third-order valence-electron chi connectivity index (χ3n) is 6.32. The van der Waals surface area contributed by atoms with Gasteiger partial charge >= 0.3 is 0 Å². The van der Waals surface area contributed by atoms with E-state index in [2.05, 4.69) is 34.1 Å². The summed E-state index contributed by atoms with van der Waals surface area (Å²) in [4.78, 5) is 32.9. The molecule has 2 atom stereocenters. The Kier molecular flexibility index (Phi) is 4.68. The van der Waals surface area contributed by atoms with Gasteiger partial charge in [0, 0.05) is 49.2 Å². The number of carbonyl (C=O) groups excluding carboxylic acids is 1. The van der Waals surface area contributed by atoms with Gasteiger partial charge in [-0.1, -0.05) is 48.5 Å². The number of aromatic nitrogens is 1. The molecule has 1 aromatic heterocycles. The summed E-state index contributed by atoms with van der Waals surface area (Å²) >= 11 is 0. The van der Waals surface area contributed by atoms with Crippen LogP contribution < -0.4 is 5.56 Å². The molecule has 3 aliphatic rings. The zero-order chi connectivity index (χ0) is 19.8. The number of nitrogens with zero attached hydrogens (tertiary/aromatic N) is 2. The summed E-state index contributed by atoms with van der Waals surface area (Å²) in [5.41, 5.74) is 2.32. The smallest absolute Gasteiger partial charge is 0.254 e. The van der Waals surface area contributed by atoms with Gasteiger partial charge in [0.25, 0.3) is 5.91 Å². The molecule has 2 aromatic carbocycles. The average molecular weight is 387 g/mol. The van der Waals surface area contributed by atoms with Crippen molar-refractivity contribution in [1.82, 2.24) is 14.8 Å². The van der Waals surface area contributed by atoms with E-state index >= 15 is 0 Å². The van der Waals surface area contributed by atoms with Gasteiger partial charge in [-0.15, -0.1) is 0 Å². The number of hydrogen-bond donors (Lipinski definition) is 1. The summed E-state index contributed by atoms with van der Waals surface area (Å²) in [6.07, 6.45) is 2.28. The highest BCUT2D eigenvalue weighted by molar-refractivity contribution is 6.06. The number of carbonyl (C=O) groups is 1. The predicted octanol–water partition coefficient (Wildman–Crippen LogP) is 3.26. The molecule has 148 valence electrons. The second kappa shape index (κ2) is 7.48. The van der Waals surface area contributed by atoms with E-state index in [0.717, 1.165) is 44.4 Å². The minimum atomic E-state index is -0.226. The van der Waals surface area contributed by atoms with Crippen LogP contribution in [0.1, 0.15) is 28.8 Å². The number of aromatic amines is 1. The summed E-state index contributed by atoms with van der Waals surface area (Å²) in [7, 11) is 0. The van der Waals surface area contributed by atoms with E-state index in [-0.39, 0.29) is 11.5 Å².